The van der Waals surface area contributed by atoms with Gasteiger partial charge < -0.3 is 16.4 Å². The van der Waals surface area contributed by atoms with Gasteiger partial charge in [-0.2, -0.15) is 0 Å². The first kappa shape index (κ1) is 16.5. The molecule has 6 heteroatoms. The van der Waals surface area contributed by atoms with Crippen molar-refractivity contribution < 1.29 is 9.59 Å². The summed E-state index contributed by atoms with van der Waals surface area (Å²) in [6, 6.07) is 4.84. The topological polar surface area (TPSA) is 84.2 Å². The molecule has 0 saturated heterocycles. The third-order valence-electron chi connectivity index (χ3n) is 2.64. The molecule has 0 fully saturated rings. The summed E-state index contributed by atoms with van der Waals surface area (Å²) >= 11 is 6.06. The third kappa shape index (κ3) is 5.19. The fraction of sp³-hybridized carbons (Fsp3) is 0.429. The van der Waals surface area contributed by atoms with Crippen molar-refractivity contribution in [1.82, 2.24) is 5.32 Å². The zero-order valence-electron chi connectivity index (χ0n) is 11.5. The Bertz CT molecular complexity index is 477. The number of halogens is 1. The van der Waals surface area contributed by atoms with E-state index in [9.17, 15) is 9.59 Å². The zero-order valence-corrected chi connectivity index (χ0v) is 12.3. The molecule has 20 heavy (non-hydrogen) atoms. The number of amides is 2. The molecule has 0 radical (unpaired) electrons. The van der Waals surface area contributed by atoms with Gasteiger partial charge in [0.15, 0.2) is 0 Å². The number of hydrogen-bond donors (Lipinski definition) is 3. The maximum atomic E-state index is 11.8. The van der Waals surface area contributed by atoms with Gasteiger partial charge in [-0.1, -0.05) is 18.5 Å². The monoisotopic (exact) mass is 297 g/mol. The molecule has 0 unspecified atom stereocenters. The van der Waals surface area contributed by atoms with Gasteiger partial charge >= 0.3 is 0 Å². The Morgan fingerprint density at radius 3 is 2.70 bits per heavy atom. The van der Waals surface area contributed by atoms with Crippen molar-refractivity contribution in [3.63, 3.8) is 0 Å². The van der Waals surface area contributed by atoms with Crippen molar-refractivity contribution in [2.75, 3.05) is 18.4 Å². The third-order valence-corrected chi connectivity index (χ3v) is 2.95. The van der Waals surface area contributed by atoms with Crippen molar-refractivity contribution >= 4 is 29.1 Å². The van der Waals surface area contributed by atoms with Crippen molar-refractivity contribution in [2.24, 2.45) is 5.73 Å². The van der Waals surface area contributed by atoms with E-state index < -0.39 is 0 Å². The standard InChI is InChI=1S/C14H20ClN3O2/c1-2-8-17-14(20)11-6-5-10(9-12(11)15)18-13(19)4-3-7-16/h5-6,9H,2-4,7-8,16H2,1H3,(H,17,20)(H,18,19). The summed E-state index contributed by atoms with van der Waals surface area (Å²) in [6.45, 7) is 3.05. The highest BCUT2D eigenvalue weighted by Crippen LogP contribution is 2.21. The van der Waals surface area contributed by atoms with E-state index in [2.05, 4.69) is 10.6 Å². The number of anilines is 1. The van der Waals surface area contributed by atoms with Crippen molar-refractivity contribution in [1.29, 1.82) is 0 Å². The van der Waals surface area contributed by atoms with Crippen molar-refractivity contribution in [3.8, 4) is 0 Å². The summed E-state index contributed by atoms with van der Waals surface area (Å²) in [5.74, 6) is -0.326. The molecule has 1 rings (SSSR count). The van der Waals surface area contributed by atoms with Crippen LogP contribution in [0.3, 0.4) is 0 Å². The second kappa shape index (κ2) is 8.55. The Balaban J connectivity index is 2.67. The SMILES string of the molecule is CCCNC(=O)c1ccc(NC(=O)CCCN)cc1Cl. The highest BCUT2D eigenvalue weighted by molar-refractivity contribution is 6.34. The molecule has 0 aliphatic rings. The molecule has 0 spiro atoms. The normalized spacial score (nSPS) is 10.2. The minimum atomic E-state index is -0.210. The van der Waals surface area contributed by atoms with Gasteiger partial charge in [-0.3, -0.25) is 9.59 Å². The predicted octanol–water partition coefficient (Wildman–Crippen LogP) is 2.16. The summed E-state index contributed by atoms with van der Waals surface area (Å²) in [7, 11) is 0. The Kier molecular flexibility index (Phi) is 7.04. The molecule has 110 valence electrons. The molecular weight excluding hydrogens is 278 g/mol. The van der Waals surface area contributed by atoms with Gasteiger partial charge in [-0.05, 0) is 37.6 Å². The smallest absolute Gasteiger partial charge is 0.252 e. The largest absolute Gasteiger partial charge is 0.352 e. The van der Waals surface area contributed by atoms with Gasteiger partial charge in [0.2, 0.25) is 5.91 Å². The molecule has 0 aromatic heterocycles. The van der Waals surface area contributed by atoms with Crippen LogP contribution in [0.15, 0.2) is 18.2 Å². The lowest BCUT2D eigenvalue weighted by Crippen LogP contribution is -2.24. The molecule has 2 amide bonds. The fourth-order valence-electron chi connectivity index (χ4n) is 1.60. The van der Waals surface area contributed by atoms with E-state index in [4.69, 9.17) is 17.3 Å². The number of nitrogens with one attached hydrogen (secondary N) is 2. The average molecular weight is 298 g/mol. The lowest BCUT2D eigenvalue weighted by molar-refractivity contribution is -0.116. The van der Waals surface area contributed by atoms with E-state index in [1.54, 1.807) is 18.2 Å². The van der Waals surface area contributed by atoms with Gasteiger partial charge in [0, 0.05) is 18.7 Å². The minimum Gasteiger partial charge on any atom is -0.352 e. The molecule has 0 aliphatic heterocycles. The summed E-state index contributed by atoms with van der Waals surface area (Å²) < 4.78 is 0. The number of rotatable bonds is 7. The van der Waals surface area contributed by atoms with E-state index in [0.29, 0.717) is 42.2 Å². The molecule has 5 nitrogen and oxygen atoms in total. The lowest BCUT2D eigenvalue weighted by atomic mass is 10.2. The Morgan fingerprint density at radius 2 is 2.10 bits per heavy atom. The summed E-state index contributed by atoms with van der Waals surface area (Å²) in [4.78, 5) is 23.4. The molecule has 0 saturated carbocycles. The summed E-state index contributed by atoms with van der Waals surface area (Å²) in [6.07, 6.45) is 1.86. The Labute approximate surface area is 123 Å². The molecule has 1 aromatic rings. The molecular formula is C14H20ClN3O2. The zero-order chi connectivity index (χ0) is 15.0. The van der Waals surface area contributed by atoms with Crippen LogP contribution in [0.1, 0.15) is 36.5 Å². The highest BCUT2D eigenvalue weighted by atomic mass is 35.5. The van der Waals surface area contributed by atoms with Crippen LogP contribution in [0.5, 0.6) is 0 Å². The van der Waals surface area contributed by atoms with Crippen LogP contribution in [-0.4, -0.2) is 24.9 Å². The fourth-order valence-corrected chi connectivity index (χ4v) is 1.86. The van der Waals surface area contributed by atoms with Crippen LogP contribution in [-0.2, 0) is 4.79 Å². The van der Waals surface area contributed by atoms with Crippen molar-refractivity contribution in [2.45, 2.75) is 26.2 Å². The summed E-state index contributed by atoms with van der Waals surface area (Å²) in [5, 5.41) is 5.78. The lowest BCUT2D eigenvalue weighted by Gasteiger charge is -2.09. The number of nitrogens with two attached hydrogens (primary N) is 1. The van der Waals surface area contributed by atoms with E-state index in [0.717, 1.165) is 6.42 Å². The first-order valence-corrected chi connectivity index (χ1v) is 7.04. The first-order chi connectivity index (χ1) is 9.58. The quantitative estimate of drug-likeness (QED) is 0.721. The molecule has 0 bridgehead atoms. The predicted molar refractivity (Wildman–Crippen MR) is 81.0 cm³/mol. The Morgan fingerprint density at radius 1 is 1.35 bits per heavy atom. The number of carbonyl (C=O) groups excluding carboxylic acids is 2. The molecule has 4 N–H and O–H groups in total. The van der Waals surface area contributed by atoms with E-state index >= 15 is 0 Å². The average Bonchev–Trinajstić information content (AvgIpc) is 2.42. The van der Waals surface area contributed by atoms with Crippen LogP contribution in [0.2, 0.25) is 5.02 Å². The number of carbonyl (C=O) groups is 2. The maximum absolute atomic E-state index is 11.8. The van der Waals surface area contributed by atoms with Crippen LogP contribution in [0.25, 0.3) is 0 Å². The van der Waals surface area contributed by atoms with Crippen LogP contribution >= 0.6 is 11.6 Å². The number of benzene rings is 1. The molecule has 1 aromatic carbocycles. The van der Waals surface area contributed by atoms with E-state index in [-0.39, 0.29) is 11.8 Å². The van der Waals surface area contributed by atoms with Gasteiger partial charge in [-0.15, -0.1) is 0 Å². The highest BCUT2D eigenvalue weighted by Gasteiger charge is 2.11. The van der Waals surface area contributed by atoms with Crippen molar-refractivity contribution in [3.05, 3.63) is 28.8 Å². The summed E-state index contributed by atoms with van der Waals surface area (Å²) in [5.41, 5.74) is 6.32. The minimum absolute atomic E-state index is 0.116. The molecule has 0 heterocycles. The number of hydrogen-bond acceptors (Lipinski definition) is 3. The maximum Gasteiger partial charge on any atom is 0.252 e. The van der Waals surface area contributed by atoms with Gasteiger partial charge in [0.25, 0.3) is 5.91 Å². The van der Waals surface area contributed by atoms with Gasteiger partial charge in [-0.25, -0.2) is 0 Å². The van der Waals surface area contributed by atoms with E-state index in [1.807, 2.05) is 6.92 Å². The molecule has 0 atom stereocenters. The van der Waals surface area contributed by atoms with Crippen LogP contribution in [0.4, 0.5) is 5.69 Å². The Hall–Kier alpha value is -1.59. The molecule has 0 aliphatic carbocycles. The van der Waals surface area contributed by atoms with Crippen LogP contribution in [0, 0.1) is 0 Å². The van der Waals surface area contributed by atoms with Gasteiger partial charge in [0.05, 0.1) is 10.6 Å². The first-order valence-electron chi connectivity index (χ1n) is 6.66. The second-order valence-electron chi connectivity index (χ2n) is 4.39. The van der Waals surface area contributed by atoms with Crippen LogP contribution < -0.4 is 16.4 Å². The van der Waals surface area contributed by atoms with Gasteiger partial charge in [0.1, 0.15) is 0 Å². The van der Waals surface area contributed by atoms with E-state index in [1.165, 1.54) is 0 Å². The second-order valence-corrected chi connectivity index (χ2v) is 4.80.